The van der Waals surface area contributed by atoms with Crippen LogP contribution >= 0.6 is 0 Å². The molecule has 0 aromatic rings. The average Bonchev–Trinajstić information content (AvgIpc) is 2.08. The Morgan fingerprint density at radius 3 is 2.54 bits per heavy atom. The molecule has 0 aliphatic heterocycles. The number of carbonyl (C=O) groups is 1. The third kappa shape index (κ3) is 13.8. The van der Waals surface area contributed by atoms with Gasteiger partial charge in [0.2, 0.25) is 0 Å². The number of rotatable bonds is 5. The number of aliphatic hydroxyl groups excluding tert-OH is 1. The number of Topliss-reactive ketones (excluding diaryl/α,β-unsaturated/α-hetero) is 1. The average molecular weight is 183 g/mol. The summed E-state index contributed by atoms with van der Waals surface area (Å²) in [5, 5.41) is 17.2. The summed E-state index contributed by atoms with van der Waals surface area (Å²) >= 11 is 0. The normalized spacial score (nSPS) is 10.5. The third-order valence-corrected chi connectivity index (χ3v) is 1.39. The highest BCUT2D eigenvalue weighted by Gasteiger charge is 2.02. The minimum atomic E-state index is -0.556. The van der Waals surface area contributed by atoms with Crippen molar-refractivity contribution < 1.29 is 9.90 Å². The molecule has 0 amide bonds. The van der Waals surface area contributed by atoms with E-state index in [9.17, 15) is 4.79 Å². The van der Waals surface area contributed by atoms with Crippen molar-refractivity contribution in [1.29, 1.82) is 5.26 Å². The van der Waals surface area contributed by atoms with E-state index < -0.39 is 6.10 Å². The maximum Gasteiger partial charge on any atom is 0.129 e. The molecule has 0 spiro atoms. The summed E-state index contributed by atoms with van der Waals surface area (Å²) in [5.74, 6) is 0.133. The first-order chi connectivity index (χ1) is 6.16. The fourth-order valence-corrected chi connectivity index (χ4v) is 0.794. The zero-order chi connectivity index (χ0) is 10.7. The molecule has 1 N–H and O–H groups in total. The summed E-state index contributed by atoms with van der Waals surface area (Å²) in [4.78, 5) is 10.4. The molecule has 0 radical (unpaired) electrons. The lowest BCUT2D eigenvalue weighted by atomic mass is 10.1. The number of ketones is 1. The van der Waals surface area contributed by atoms with E-state index in [-0.39, 0.29) is 12.2 Å². The first-order valence-electron chi connectivity index (χ1n) is 4.21. The summed E-state index contributed by atoms with van der Waals surface area (Å²) in [7, 11) is 0. The zero-order valence-electron chi connectivity index (χ0n) is 8.12. The van der Waals surface area contributed by atoms with Gasteiger partial charge in [0.05, 0.1) is 18.6 Å². The Labute approximate surface area is 79.7 Å². The number of aliphatic hydroxyl groups is 1. The summed E-state index contributed by atoms with van der Waals surface area (Å²) in [6, 6.07) is 1.87. The molecule has 0 rings (SSSR count). The molecule has 13 heavy (non-hydrogen) atoms. The lowest BCUT2D eigenvalue weighted by Crippen LogP contribution is -2.05. The minimum absolute atomic E-state index is 0.133. The van der Waals surface area contributed by atoms with Crippen LogP contribution < -0.4 is 0 Å². The second kappa shape index (κ2) is 10.9. The fraction of sp³-hybridized carbons (Fsp3) is 0.600. The van der Waals surface area contributed by atoms with Gasteiger partial charge in [0.25, 0.3) is 0 Å². The van der Waals surface area contributed by atoms with Gasteiger partial charge in [-0.1, -0.05) is 0 Å². The Kier molecular flexibility index (Phi) is 12.0. The molecule has 0 unspecified atom stereocenters. The summed E-state index contributed by atoms with van der Waals surface area (Å²) in [6.07, 6.45) is 1.34. The highest BCUT2D eigenvalue weighted by molar-refractivity contribution is 5.75. The molecule has 0 aromatic carbocycles. The highest BCUT2D eigenvalue weighted by Crippen LogP contribution is 2.03. The van der Waals surface area contributed by atoms with E-state index in [1.807, 2.05) is 6.07 Å². The van der Waals surface area contributed by atoms with Gasteiger partial charge in [0, 0.05) is 6.42 Å². The van der Waals surface area contributed by atoms with Gasteiger partial charge >= 0.3 is 0 Å². The van der Waals surface area contributed by atoms with Gasteiger partial charge < -0.3 is 9.90 Å². The summed E-state index contributed by atoms with van der Waals surface area (Å²) in [6.45, 7) is 7.52. The van der Waals surface area contributed by atoms with Crippen LogP contribution in [-0.2, 0) is 4.79 Å². The molecule has 0 heterocycles. The number of hydrogen-bond donors (Lipinski definition) is 1. The lowest BCUT2D eigenvalue weighted by Gasteiger charge is -2.03. The SMILES string of the molecule is C=C.CC(=O)CCC[C@H](O)CC#N. The van der Waals surface area contributed by atoms with Gasteiger partial charge in [-0.05, 0) is 19.8 Å². The van der Waals surface area contributed by atoms with Gasteiger partial charge in [-0.25, -0.2) is 0 Å². The molecule has 0 aromatic heterocycles. The summed E-state index contributed by atoms with van der Waals surface area (Å²) in [5.41, 5.74) is 0. The Hall–Kier alpha value is -1.14. The molecule has 0 bridgehead atoms. The van der Waals surface area contributed by atoms with Gasteiger partial charge in [0.1, 0.15) is 5.78 Å². The van der Waals surface area contributed by atoms with E-state index in [1.165, 1.54) is 6.92 Å². The molecule has 0 aliphatic rings. The van der Waals surface area contributed by atoms with Crippen LogP contribution in [-0.4, -0.2) is 17.0 Å². The van der Waals surface area contributed by atoms with E-state index in [2.05, 4.69) is 13.2 Å². The molecule has 3 heteroatoms. The first-order valence-corrected chi connectivity index (χ1v) is 4.21. The van der Waals surface area contributed by atoms with Crippen molar-refractivity contribution in [1.82, 2.24) is 0 Å². The van der Waals surface area contributed by atoms with E-state index in [4.69, 9.17) is 10.4 Å². The quantitative estimate of drug-likeness (QED) is 0.661. The van der Waals surface area contributed by atoms with E-state index in [1.54, 1.807) is 0 Å². The second-order valence-corrected chi connectivity index (χ2v) is 2.61. The topological polar surface area (TPSA) is 61.1 Å². The number of nitriles is 1. The molecule has 0 saturated heterocycles. The first kappa shape index (κ1) is 14.4. The van der Waals surface area contributed by atoms with E-state index in [0.29, 0.717) is 19.3 Å². The van der Waals surface area contributed by atoms with E-state index in [0.717, 1.165) is 0 Å². The number of hydrogen-bond acceptors (Lipinski definition) is 3. The Morgan fingerprint density at radius 1 is 1.62 bits per heavy atom. The van der Waals surface area contributed by atoms with Crippen molar-refractivity contribution in [3.63, 3.8) is 0 Å². The molecule has 0 saturated carbocycles. The summed E-state index contributed by atoms with van der Waals surface area (Å²) < 4.78 is 0. The monoisotopic (exact) mass is 183 g/mol. The molecule has 0 fully saturated rings. The van der Waals surface area contributed by atoms with Gasteiger partial charge in [-0.3, -0.25) is 0 Å². The minimum Gasteiger partial charge on any atom is -0.392 e. The zero-order valence-corrected chi connectivity index (χ0v) is 8.12. The maximum atomic E-state index is 10.4. The van der Waals surface area contributed by atoms with Crippen LogP contribution in [0.4, 0.5) is 0 Å². The predicted octanol–water partition coefficient (Wildman–Crippen LogP) is 1.82. The lowest BCUT2D eigenvalue weighted by molar-refractivity contribution is -0.117. The smallest absolute Gasteiger partial charge is 0.129 e. The van der Waals surface area contributed by atoms with Gasteiger partial charge in [-0.2, -0.15) is 5.26 Å². The predicted molar refractivity (Wildman–Crippen MR) is 52.0 cm³/mol. The molecular weight excluding hydrogens is 166 g/mol. The van der Waals surface area contributed by atoms with Crippen molar-refractivity contribution in [3.8, 4) is 6.07 Å². The van der Waals surface area contributed by atoms with Crippen LogP contribution in [0.15, 0.2) is 13.2 Å². The van der Waals surface area contributed by atoms with Crippen LogP contribution in [0.2, 0.25) is 0 Å². The highest BCUT2D eigenvalue weighted by atomic mass is 16.3. The van der Waals surface area contributed by atoms with Crippen LogP contribution in [0.5, 0.6) is 0 Å². The molecule has 0 aliphatic carbocycles. The number of nitrogens with zero attached hydrogens (tertiary/aromatic N) is 1. The van der Waals surface area contributed by atoms with Crippen LogP contribution in [0.1, 0.15) is 32.6 Å². The molecule has 74 valence electrons. The molecule has 3 nitrogen and oxygen atoms in total. The van der Waals surface area contributed by atoms with Crippen molar-refractivity contribution in [2.75, 3.05) is 0 Å². The molecular formula is C10H17NO2. The van der Waals surface area contributed by atoms with Crippen molar-refractivity contribution in [3.05, 3.63) is 13.2 Å². The molecule has 1 atom stereocenters. The van der Waals surface area contributed by atoms with Crippen LogP contribution in [0.25, 0.3) is 0 Å². The Bertz CT molecular complexity index is 172. The van der Waals surface area contributed by atoms with Crippen LogP contribution in [0, 0.1) is 11.3 Å². The standard InChI is InChI=1S/C8H13NO2.C2H4/c1-7(10)3-2-4-8(11)5-6-9;1-2/h8,11H,2-5H2,1H3;1-2H2/t8-;/m0./s1. The maximum absolute atomic E-state index is 10.4. The second-order valence-electron chi connectivity index (χ2n) is 2.61. The Morgan fingerprint density at radius 2 is 2.15 bits per heavy atom. The largest absolute Gasteiger partial charge is 0.392 e. The Balaban J connectivity index is 0. The number of carbonyl (C=O) groups excluding carboxylic acids is 1. The van der Waals surface area contributed by atoms with E-state index >= 15 is 0 Å². The van der Waals surface area contributed by atoms with Crippen molar-refractivity contribution in [2.45, 2.75) is 38.7 Å². The van der Waals surface area contributed by atoms with Gasteiger partial charge in [-0.15, -0.1) is 13.2 Å². The third-order valence-electron chi connectivity index (χ3n) is 1.39. The van der Waals surface area contributed by atoms with Crippen molar-refractivity contribution >= 4 is 5.78 Å². The fourth-order valence-electron chi connectivity index (χ4n) is 0.794. The van der Waals surface area contributed by atoms with Gasteiger partial charge in [0.15, 0.2) is 0 Å². The van der Waals surface area contributed by atoms with Crippen LogP contribution in [0.3, 0.4) is 0 Å². The van der Waals surface area contributed by atoms with Crippen molar-refractivity contribution in [2.24, 2.45) is 0 Å².